The van der Waals surface area contributed by atoms with E-state index in [1.54, 1.807) is 6.92 Å². The molecule has 2 atom stereocenters. The van der Waals surface area contributed by atoms with E-state index in [0.717, 1.165) is 0 Å². The van der Waals surface area contributed by atoms with Crippen LogP contribution in [0.25, 0.3) is 0 Å². The molecule has 0 aliphatic heterocycles. The number of ether oxygens (including phenoxy) is 1. The van der Waals surface area contributed by atoms with Crippen LogP contribution in [0.2, 0.25) is 0 Å². The van der Waals surface area contributed by atoms with Gasteiger partial charge in [-0.25, -0.2) is 0 Å². The lowest BCUT2D eigenvalue weighted by Crippen LogP contribution is -2.43. The second-order valence-electron chi connectivity index (χ2n) is 6.21. The van der Waals surface area contributed by atoms with Crippen molar-refractivity contribution < 1.29 is 14.6 Å². The molecule has 1 saturated carbocycles. The van der Waals surface area contributed by atoms with Gasteiger partial charge in [0.15, 0.2) is 6.10 Å². The maximum Gasteiger partial charge on any atom is 0.251 e. The van der Waals surface area contributed by atoms with Crippen molar-refractivity contribution in [3.63, 3.8) is 0 Å². The van der Waals surface area contributed by atoms with Gasteiger partial charge >= 0.3 is 0 Å². The van der Waals surface area contributed by atoms with Crippen LogP contribution >= 0.6 is 0 Å². The standard InChI is InChI=1S/C13H25NO3/c1-9(17-8-13(2,3)4)11(15)12(16)14-7-10-5-6-10/h9-11,15H,5-8H2,1-4H3,(H,14,16). The monoisotopic (exact) mass is 243 g/mol. The molecule has 2 unspecified atom stereocenters. The molecule has 0 saturated heterocycles. The summed E-state index contributed by atoms with van der Waals surface area (Å²) in [7, 11) is 0. The fourth-order valence-electron chi connectivity index (χ4n) is 1.36. The normalized spacial score (nSPS) is 19.8. The van der Waals surface area contributed by atoms with Crippen LogP contribution in [0.5, 0.6) is 0 Å². The molecule has 100 valence electrons. The largest absolute Gasteiger partial charge is 0.381 e. The predicted octanol–water partition coefficient (Wildman–Crippen LogP) is 1.32. The Balaban J connectivity index is 2.23. The van der Waals surface area contributed by atoms with Gasteiger partial charge in [-0.1, -0.05) is 20.8 Å². The first-order valence-corrected chi connectivity index (χ1v) is 6.37. The summed E-state index contributed by atoms with van der Waals surface area (Å²) in [5.74, 6) is 0.301. The smallest absolute Gasteiger partial charge is 0.251 e. The summed E-state index contributed by atoms with van der Waals surface area (Å²) in [6, 6.07) is 0. The van der Waals surface area contributed by atoms with Crippen LogP contribution in [0, 0.1) is 11.3 Å². The van der Waals surface area contributed by atoms with Crippen molar-refractivity contribution in [2.24, 2.45) is 11.3 Å². The van der Waals surface area contributed by atoms with E-state index in [0.29, 0.717) is 19.1 Å². The number of hydrogen-bond donors (Lipinski definition) is 2. The summed E-state index contributed by atoms with van der Waals surface area (Å²) >= 11 is 0. The lowest BCUT2D eigenvalue weighted by molar-refractivity contribution is -0.138. The Bertz CT molecular complexity index is 256. The molecule has 0 bridgehead atoms. The van der Waals surface area contributed by atoms with E-state index in [-0.39, 0.29) is 11.3 Å². The summed E-state index contributed by atoms with van der Waals surface area (Å²) in [5, 5.41) is 12.5. The number of carbonyl (C=O) groups excluding carboxylic acids is 1. The zero-order valence-electron chi connectivity index (χ0n) is 11.3. The van der Waals surface area contributed by atoms with Crippen molar-refractivity contribution in [3.8, 4) is 0 Å². The highest BCUT2D eigenvalue weighted by Crippen LogP contribution is 2.27. The van der Waals surface area contributed by atoms with Gasteiger partial charge in [-0.05, 0) is 31.1 Å². The van der Waals surface area contributed by atoms with Crippen molar-refractivity contribution in [1.29, 1.82) is 0 Å². The van der Waals surface area contributed by atoms with E-state index >= 15 is 0 Å². The second-order valence-corrected chi connectivity index (χ2v) is 6.21. The van der Waals surface area contributed by atoms with Gasteiger partial charge in [0.1, 0.15) is 0 Å². The quantitative estimate of drug-likeness (QED) is 0.740. The Labute approximate surface area is 104 Å². The Hall–Kier alpha value is -0.610. The zero-order chi connectivity index (χ0) is 13.1. The van der Waals surface area contributed by atoms with E-state index in [1.165, 1.54) is 12.8 Å². The lowest BCUT2D eigenvalue weighted by atomic mass is 9.98. The van der Waals surface area contributed by atoms with Gasteiger partial charge in [0.25, 0.3) is 5.91 Å². The molecule has 0 aromatic carbocycles. The summed E-state index contributed by atoms with van der Waals surface area (Å²) in [5.41, 5.74) is 0.0401. The van der Waals surface area contributed by atoms with Crippen molar-refractivity contribution >= 4 is 5.91 Å². The van der Waals surface area contributed by atoms with Crippen LogP contribution in [0.4, 0.5) is 0 Å². The predicted molar refractivity (Wildman–Crippen MR) is 66.6 cm³/mol. The molecule has 1 rings (SSSR count). The van der Waals surface area contributed by atoms with Gasteiger partial charge in [0, 0.05) is 6.54 Å². The molecular formula is C13H25NO3. The van der Waals surface area contributed by atoms with E-state index in [4.69, 9.17) is 4.74 Å². The Morgan fingerprint density at radius 2 is 2.06 bits per heavy atom. The third-order valence-corrected chi connectivity index (χ3v) is 2.75. The molecule has 17 heavy (non-hydrogen) atoms. The average Bonchev–Trinajstić information content (AvgIpc) is 3.04. The van der Waals surface area contributed by atoms with E-state index in [1.807, 2.05) is 0 Å². The minimum Gasteiger partial charge on any atom is -0.381 e. The van der Waals surface area contributed by atoms with E-state index in [2.05, 4.69) is 26.1 Å². The van der Waals surface area contributed by atoms with Gasteiger partial charge in [-0.15, -0.1) is 0 Å². The lowest BCUT2D eigenvalue weighted by Gasteiger charge is -2.24. The highest BCUT2D eigenvalue weighted by Gasteiger charge is 2.27. The number of carbonyl (C=O) groups is 1. The molecule has 1 amide bonds. The van der Waals surface area contributed by atoms with Gasteiger partial charge in [-0.3, -0.25) is 4.79 Å². The Kier molecular flexibility index (Phi) is 4.95. The molecule has 1 aliphatic rings. The molecule has 1 fully saturated rings. The number of aliphatic hydroxyl groups excluding tert-OH is 1. The minimum atomic E-state index is -1.07. The molecule has 0 aromatic rings. The van der Waals surface area contributed by atoms with Gasteiger partial charge in [0.05, 0.1) is 12.7 Å². The second kappa shape index (κ2) is 5.83. The van der Waals surface area contributed by atoms with Gasteiger partial charge in [0.2, 0.25) is 0 Å². The summed E-state index contributed by atoms with van der Waals surface area (Å²) < 4.78 is 5.50. The molecule has 2 N–H and O–H groups in total. The molecule has 0 spiro atoms. The first-order chi connectivity index (χ1) is 7.79. The van der Waals surface area contributed by atoms with E-state index < -0.39 is 12.2 Å². The van der Waals surface area contributed by atoms with Crippen LogP contribution in [-0.4, -0.2) is 36.4 Å². The maximum atomic E-state index is 11.6. The highest BCUT2D eigenvalue weighted by molar-refractivity contribution is 5.81. The van der Waals surface area contributed by atoms with Crippen LogP contribution < -0.4 is 5.32 Å². The third-order valence-electron chi connectivity index (χ3n) is 2.75. The number of hydrogen-bond acceptors (Lipinski definition) is 3. The fraction of sp³-hybridized carbons (Fsp3) is 0.923. The maximum absolute atomic E-state index is 11.6. The molecule has 0 radical (unpaired) electrons. The number of aliphatic hydroxyl groups is 1. The Morgan fingerprint density at radius 1 is 1.47 bits per heavy atom. The molecule has 1 aliphatic carbocycles. The fourth-order valence-corrected chi connectivity index (χ4v) is 1.36. The van der Waals surface area contributed by atoms with Crippen molar-refractivity contribution in [3.05, 3.63) is 0 Å². The van der Waals surface area contributed by atoms with Crippen LogP contribution in [0.15, 0.2) is 0 Å². The molecular weight excluding hydrogens is 218 g/mol. The summed E-state index contributed by atoms with van der Waals surface area (Å²) in [4.78, 5) is 11.6. The highest BCUT2D eigenvalue weighted by atomic mass is 16.5. The van der Waals surface area contributed by atoms with Crippen LogP contribution in [0.1, 0.15) is 40.5 Å². The number of rotatable bonds is 6. The van der Waals surface area contributed by atoms with Crippen molar-refractivity contribution in [2.75, 3.05) is 13.2 Å². The minimum absolute atomic E-state index is 0.0401. The first-order valence-electron chi connectivity index (χ1n) is 6.37. The van der Waals surface area contributed by atoms with E-state index in [9.17, 15) is 9.90 Å². The van der Waals surface area contributed by atoms with Crippen LogP contribution in [0.3, 0.4) is 0 Å². The number of nitrogens with one attached hydrogen (secondary N) is 1. The Morgan fingerprint density at radius 3 is 2.53 bits per heavy atom. The molecule has 0 heterocycles. The van der Waals surface area contributed by atoms with Crippen LogP contribution in [-0.2, 0) is 9.53 Å². The summed E-state index contributed by atoms with van der Waals surface area (Å²) in [6.07, 6.45) is 0.836. The third kappa shape index (κ3) is 6.03. The zero-order valence-corrected chi connectivity index (χ0v) is 11.3. The SMILES string of the molecule is CC(OCC(C)(C)C)C(O)C(=O)NCC1CC1. The number of amides is 1. The van der Waals surface area contributed by atoms with Gasteiger partial charge < -0.3 is 15.2 Å². The molecule has 4 heteroatoms. The van der Waals surface area contributed by atoms with Crippen molar-refractivity contribution in [1.82, 2.24) is 5.32 Å². The van der Waals surface area contributed by atoms with Crippen molar-refractivity contribution in [2.45, 2.75) is 52.7 Å². The van der Waals surface area contributed by atoms with Gasteiger partial charge in [-0.2, -0.15) is 0 Å². The first kappa shape index (κ1) is 14.5. The average molecular weight is 243 g/mol. The summed E-state index contributed by atoms with van der Waals surface area (Å²) in [6.45, 7) is 9.11. The molecule has 4 nitrogen and oxygen atoms in total. The molecule has 0 aromatic heterocycles. The topological polar surface area (TPSA) is 58.6 Å².